The van der Waals surface area contributed by atoms with Crippen molar-refractivity contribution in [3.8, 4) is 0 Å². The van der Waals surface area contributed by atoms with Gasteiger partial charge < -0.3 is 10.6 Å². The number of carbonyl (C=O) groups excluding carboxylic acids is 2. The predicted molar refractivity (Wildman–Crippen MR) is 78.0 cm³/mol. The Hall–Kier alpha value is -2.15. The van der Waals surface area contributed by atoms with Crippen LogP contribution < -0.4 is 5.73 Å². The molecule has 8 heteroatoms. The molecule has 0 aliphatic rings. The van der Waals surface area contributed by atoms with Crippen LogP contribution in [0, 0.1) is 16.0 Å². The molecule has 7 nitrogen and oxygen atoms in total. The summed E-state index contributed by atoms with van der Waals surface area (Å²) in [5, 5.41) is 11.2. The van der Waals surface area contributed by atoms with Gasteiger partial charge in [0.2, 0.25) is 5.91 Å². The summed E-state index contributed by atoms with van der Waals surface area (Å²) >= 11 is 5.80. The number of hydrogen-bond acceptors (Lipinski definition) is 4. The number of benzene rings is 1. The van der Waals surface area contributed by atoms with E-state index in [0.717, 1.165) is 6.07 Å². The molecule has 21 heavy (non-hydrogen) atoms. The highest BCUT2D eigenvalue weighted by Gasteiger charge is 2.26. The molecule has 0 bridgehead atoms. The third-order valence-corrected chi connectivity index (χ3v) is 2.84. The number of halogens is 1. The summed E-state index contributed by atoms with van der Waals surface area (Å²) in [6.07, 6.45) is 0. The summed E-state index contributed by atoms with van der Waals surface area (Å²) in [4.78, 5) is 35.1. The van der Waals surface area contributed by atoms with Crippen molar-refractivity contribution in [2.45, 2.75) is 13.8 Å². The van der Waals surface area contributed by atoms with E-state index in [4.69, 9.17) is 17.3 Å². The second-order valence-electron chi connectivity index (χ2n) is 4.96. The zero-order valence-corrected chi connectivity index (χ0v) is 12.5. The van der Waals surface area contributed by atoms with Gasteiger partial charge in [-0.15, -0.1) is 0 Å². The van der Waals surface area contributed by atoms with Crippen LogP contribution >= 0.6 is 11.6 Å². The van der Waals surface area contributed by atoms with Crippen molar-refractivity contribution < 1.29 is 14.5 Å². The molecule has 0 saturated carbocycles. The van der Waals surface area contributed by atoms with E-state index in [1.54, 1.807) is 0 Å². The highest BCUT2D eigenvalue weighted by atomic mass is 35.5. The van der Waals surface area contributed by atoms with Crippen LogP contribution in [-0.2, 0) is 4.79 Å². The first kappa shape index (κ1) is 16.9. The van der Waals surface area contributed by atoms with Gasteiger partial charge in [0.1, 0.15) is 5.56 Å². The molecule has 2 amide bonds. The van der Waals surface area contributed by atoms with Gasteiger partial charge in [-0.1, -0.05) is 25.4 Å². The Bertz CT molecular complexity index is 575. The summed E-state index contributed by atoms with van der Waals surface area (Å²) < 4.78 is 0. The van der Waals surface area contributed by atoms with Gasteiger partial charge in [0.25, 0.3) is 11.6 Å². The Balaban J connectivity index is 3.21. The maximum absolute atomic E-state index is 12.4. The van der Waals surface area contributed by atoms with Gasteiger partial charge in [-0.25, -0.2) is 0 Å². The SMILES string of the molecule is CC(C)CN(CC(N)=O)C(=O)c1cc(Cl)ccc1[N+](=O)[O-]. The van der Waals surface area contributed by atoms with Crippen LogP contribution in [-0.4, -0.2) is 34.7 Å². The van der Waals surface area contributed by atoms with Crippen molar-refractivity contribution in [3.05, 3.63) is 38.9 Å². The van der Waals surface area contributed by atoms with Crippen molar-refractivity contribution >= 4 is 29.1 Å². The first-order valence-electron chi connectivity index (χ1n) is 6.24. The number of nitrogens with zero attached hydrogens (tertiary/aromatic N) is 2. The Kier molecular flexibility index (Phi) is 5.66. The van der Waals surface area contributed by atoms with E-state index < -0.39 is 16.7 Å². The Morgan fingerprint density at radius 3 is 2.52 bits per heavy atom. The van der Waals surface area contributed by atoms with Crippen molar-refractivity contribution in [1.82, 2.24) is 4.90 Å². The number of amides is 2. The average molecular weight is 314 g/mol. The Morgan fingerprint density at radius 1 is 1.43 bits per heavy atom. The lowest BCUT2D eigenvalue weighted by molar-refractivity contribution is -0.385. The van der Waals surface area contributed by atoms with Gasteiger partial charge in [-0.2, -0.15) is 0 Å². The summed E-state index contributed by atoms with van der Waals surface area (Å²) in [5.74, 6) is -1.25. The predicted octanol–water partition coefficient (Wildman–Crippen LogP) is 1.83. The maximum atomic E-state index is 12.4. The van der Waals surface area contributed by atoms with Crippen LogP contribution in [0.2, 0.25) is 5.02 Å². The quantitative estimate of drug-likeness (QED) is 0.638. The van der Waals surface area contributed by atoms with E-state index in [0.29, 0.717) is 0 Å². The second kappa shape index (κ2) is 7.03. The molecule has 114 valence electrons. The summed E-state index contributed by atoms with van der Waals surface area (Å²) in [6, 6.07) is 3.71. The fourth-order valence-electron chi connectivity index (χ4n) is 1.86. The average Bonchev–Trinajstić information content (AvgIpc) is 2.35. The van der Waals surface area contributed by atoms with Gasteiger partial charge in [0.15, 0.2) is 0 Å². The van der Waals surface area contributed by atoms with E-state index in [2.05, 4.69) is 0 Å². The van der Waals surface area contributed by atoms with Crippen LogP contribution in [0.3, 0.4) is 0 Å². The number of rotatable bonds is 6. The van der Waals surface area contributed by atoms with E-state index in [1.165, 1.54) is 17.0 Å². The number of nitrogens with two attached hydrogens (primary N) is 1. The number of nitro groups is 1. The molecule has 0 saturated heterocycles. The fraction of sp³-hybridized carbons (Fsp3) is 0.385. The third-order valence-electron chi connectivity index (χ3n) is 2.61. The third kappa shape index (κ3) is 4.71. The summed E-state index contributed by atoms with van der Waals surface area (Å²) in [7, 11) is 0. The number of nitro benzene ring substituents is 1. The number of primary amides is 1. The fourth-order valence-corrected chi connectivity index (χ4v) is 2.03. The van der Waals surface area contributed by atoms with E-state index in [-0.39, 0.29) is 35.3 Å². The zero-order chi connectivity index (χ0) is 16.2. The molecule has 0 atom stereocenters. The van der Waals surface area contributed by atoms with E-state index >= 15 is 0 Å². The van der Waals surface area contributed by atoms with Gasteiger partial charge in [0.05, 0.1) is 11.5 Å². The van der Waals surface area contributed by atoms with Crippen LogP contribution in [0.1, 0.15) is 24.2 Å². The largest absolute Gasteiger partial charge is 0.368 e. The minimum absolute atomic E-state index is 0.0755. The van der Waals surface area contributed by atoms with Crippen molar-refractivity contribution in [1.29, 1.82) is 0 Å². The van der Waals surface area contributed by atoms with Crippen LogP contribution in [0.25, 0.3) is 0 Å². The van der Waals surface area contributed by atoms with E-state index in [1.807, 2.05) is 13.8 Å². The lowest BCUT2D eigenvalue weighted by Crippen LogP contribution is -2.40. The van der Waals surface area contributed by atoms with E-state index in [9.17, 15) is 19.7 Å². The van der Waals surface area contributed by atoms with Crippen LogP contribution in [0.5, 0.6) is 0 Å². The molecule has 1 aromatic carbocycles. The Morgan fingerprint density at radius 2 is 2.05 bits per heavy atom. The summed E-state index contributed by atoms with van der Waals surface area (Å²) in [5.41, 5.74) is 4.60. The number of hydrogen-bond donors (Lipinski definition) is 1. The molecular formula is C13H16ClN3O4. The molecular weight excluding hydrogens is 298 g/mol. The minimum atomic E-state index is -0.686. The molecule has 0 aromatic heterocycles. The topological polar surface area (TPSA) is 107 Å². The molecule has 0 radical (unpaired) electrons. The highest BCUT2D eigenvalue weighted by molar-refractivity contribution is 6.31. The van der Waals surface area contributed by atoms with Gasteiger partial charge in [-0.3, -0.25) is 19.7 Å². The van der Waals surface area contributed by atoms with Crippen LogP contribution in [0.4, 0.5) is 5.69 Å². The van der Waals surface area contributed by atoms with Gasteiger partial charge in [0, 0.05) is 17.6 Å². The normalized spacial score (nSPS) is 10.5. The smallest absolute Gasteiger partial charge is 0.282 e. The van der Waals surface area contributed by atoms with Gasteiger partial charge in [-0.05, 0) is 18.1 Å². The molecule has 0 aliphatic carbocycles. The monoisotopic (exact) mass is 313 g/mol. The van der Waals surface area contributed by atoms with Crippen LogP contribution in [0.15, 0.2) is 18.2 Å². The minimum Gasteiger partial charge on any atom is -0.368 e. The highest BCUT2D eigenvalue weighted by Crippen LogP contribution is 2.24. The molecule has 1 aromatic rings. The maximum Gasteiger partial charge on any atom is 0.282 e. The molecule has 0 unspecified atom stereocenters. The molecule has 0 spiro atoms. The Labute approximate surface area is 126 Å². The molecule has 2 N–H and O–H groups in total. The first-order chi connectivity index (χ1) is 9.72. The standard InChI is InChI=1S/C13H16ClN3O4/c1-8(2)6-16(7-12(15)18)13(19)10-5-9(14)3-4-11(10)17(20)21/h3-5,8H,6-7H2,1-2H3,(H2,15,18). The molecule has 1 rings (SSSR count). The van der Waals surface area contributed by atoms with Crippen molar-refractivity contribution in [2.24, 2.45) is 11.7 Å². The van der Waals surface area contributed by atoms with Gasteiger partial charge >= 0.3 is 0 Å². The lowest BCUT2D eigenvalue weighted by Gasteiger charge is -2.23. The molecule has 0 fully saturated rings. The zero-order valence-electron chi connectivity index (χ0n) is 11.7. The first-order valence-corrected chi connectivity index (χ1v) is 6.61. The second-order valence-corrected chi connectivity index (χ2v) is 5.40. The lowest BCUT2D eigenvalue weighted by atomic mass is 10.1. The summed E-state index contributed by atoms with van der Waals surface area (Å²) in [6.45, 7) is 3.66. The molecule has 0 heterocycles. The number of carbonyl (C=O) groups is 2. The molecule has 0 aliphatic heterocycles. The van der Waals surface area contributed by atoms with Crippen molar-refractivity contribution in [2.75, 3.05) is 13.1 Å². The van der Waals surface area contributed by atoms with Crippen molar-refractivity contribution in [3.63, 3.8) is 0 Å².